The molecule has 0 aromatic heterocycles. The number of rotatable bonds is 7. The van der Waals surface area contributed by atoms with Gasteiger partial charge in [-0.1, -0.05) is 0 Å². The van der Waals surface area contributed by atoms with Gasteiger partial charge in [0.2, 0.25) is 0 Å². The largest absolute Gasteiger partial charge is 0.408 e. The molecule has 2 aromatic rings. The predicted molar refractivity (Wildman–Crippen MR) is 82.2 cm³/mol. The highest BCUT2D eigenvalue weighted by Crippen LogP contribution is 2.31. The third kappa shape index (κ3) is 4.25. The lowest BCUT2D eigenvalue weighted by Crippen LogP contribution is -2.12. The fourth-order valence-electron chi connectivity index (χ4n) is 1.74. The molecule has 25 heavy (non-hydrogen) atoms. The van der Waals surface area contributed by atoms with Crippen LogP contribution >= 0.6 is 8.69 Å². The Labute approximate surface area is 141 Å². The average Bonchev–Trinajstić information content (AvgIpc) is 2.56. The highest BCUT2D eigenvalue weighted by atomic mass is 32.2. The minimum absolute atomic E-state index is 0.169. The van der Waals surface area contributed by atoms with E-state index in [1.54, 1.807) is 0 Å². The van der Waals surface area contributed by atoms with E-state index in [0.717, 1.165) is 12.1 Å². The van der Waals surface area contributed by atoms with Gasteiger partial charge in [0.15, 0.2) is 4.90 Å². The van der Waals surface area contributed by atoms with Crippen LogP contribution in [0.1, 0.15) is 0 Å². The maximum atomic E-state index is 12.2. The van der Waals surface area contributed by atoms with Crippen molar-refractivity contribution in [1.82, 2.24) is 0 Å². The Hall–Kier alpha value is -3.11. The summed E-state index contributed by atoms with van der Waals surface area (Å²) in [4.78, 5) is 18.9. The van der Waals surface area contributed by atoms with Crippen LogP contribution in [-0.2, 0) is 14.7 Å². The summed E-state index contributed by atoms with van der Waals surface area (Å²) in [7, 11) is -5.23. The molecule has 0 amide bonds. The summed E-state index contributed by atoms with van der Waals surface area (Å²) >= 11 is 0. The molecule has 2 aromatic carbocycles. The quantitative estimate of drug-likeness (QED) is 0.302. The molecule has 11 nitrogen and oxygen atoms in total. The van der Waals surface area contributed by atoms with E-state index < -0.39 is 44.9 Å². The Bertz CT molecular complexity index is 944. The second-order valence-electron chi connectivity index (χ2n) is 4.34. The van der Waals surface area contributed by atoms with Crippen LogP contribution < -0.4 is 8.71 Å². The minimum atomic E-state index is -4.63. The van der Waals surface area contributed by atoms with Crippen molar-refractivity contribution in [3.05, 3.63) is 62.7 Å². The van der Waals surface area contributed by atoms with E-state index in [-0.39, 0.29) is 11.5 Å². The monoisotopic (exact) mass is 386 g/mol. The van der Waals surface area contributed by atoms with Crippen molar-refractivity contribution >= 4 is 30.2 Å². The summed E-state index contributed by atoms with van der Waals surface area (Å²) in [5.74, 6) is -0.0229. The maximum absolute atomic E-state index is 12.2. The van der Waals surface area contributed by atoms with Crippen molar-refractivity contribution in [1.29, 1.82) is 0 Å². The van der Waals surface area contributed by atoms with E-state index in [9.17, 15) is 33.2 Å². The molecule has 0 aliphatic carbocycles. The van der Waals surface area contributed by atoms with Crippen molar-refractivity contribution in [3.8, 4) is 11.5 Å². The first-order valence-electron chi connectivity index (χ1n) is 6.21. The van der Waals surface area contributed by atoms with E-state index in [0.29, 0.717) is 6.07 Å². The molecule has 0 heterocycles. The van der Waals surface area contributed by atoms with E-state index in [1.807, 2.05) is 0 Å². The fourth-order valence-corrected chi connectivity index (χ4v) is 3.03. The van der Waals surface area contributed by atoms with Crippen LogP contribution in [0.15, 0.2) is 47.4 Å². The summed E-state index contributed by atoms with van der Waals surface area (Å²) in [5.41, 5.74) is -1.62. The molecule has 0 saturated heterocycles. The van der Waals surface area contributed by atoms with Crippen molar-refractivity contribution < 1.29 is 31.5 Å². The number of hydrogen-bond acceptors (Lipinski definition) is 9. The summed E-state index contributed by atoms with van der Waals surface area (Å²) in [5, 5.41) is 21.7. The molecule has 0 unspecified atom stereocenters. The van der Waals surface area contributed by atoms with Gasteiger partial charge in [-0.3, -0.25) is 20.2 Å². The number of benzene rings is 2. The lowest BCUT2D eigenvalue weighted by Gasteiger charge is -2.07. The molecule has 0 N–H and O–H groups in total. The number of nitro groups is 2. The van der Waals surface area contributed by atoms with Gasteiger partial charge in [0.25, 0.3) is 11.4 Å². The fraction of sp³-hybridized carbons (Fsp3) is 0. The molecule has 0 radical (unpaired) electrons. The summed E-state index contributed by atoms with van der Waals surface area (Å²) in [6.07, 6.45) is 0. The van der Waals surface area contributed by atoms with E-state index in [1.165, 1.54) is 24.3 Å². The normalized spacial score (nSPS) is 11.0. The Morgan fingerprint density at radius 1 is 0.920 bits per heavy atom. The van der Waals surface area contributed by atoms with Crippen LogP contribution in [0.25, 0.3) is 0 Å². The zero-order chi connectivity index (χ0) is 18.6. The van der Waals surface area contributed by atoms with Gasteiger partial charge in [0, 0.05) is 6.07 Å². The molecule has 0 fully saturated rings. The molecular weight excluding hydrogens is 379 g/mol. The molecule has 0 saturated carbocycles. The Morgan fingerprint density at radius 2 is 1.52 bits per heavy atom. The summed E-state index contributed by atoms with van der Waals surface area (Å²) in [6, 6.07) is 6.94. The van der Waals surface area contributed by atoms with Crippen molar-refractivity contribution in [2.75, 3.05) is 0 Å². The number of hydrogen-bond donors (Lipinski definition) is 0. The second kappa shape index (κ2) is 7.20. The standard InChI is InChI=1S/C12H7N2O9PS/c15-13(16)8-1-6-12(11(7-8)14(17)18)25(20,21)23-10-4-2-9(3-5-10)22-24-19/h1-7H. The molecule has 0 bridgehead atoms. The average molecular weight is 386 g/mol. The Kier molecular flexibility index (Phi) is 5.25. The van der Waals surface area contributed by atoms with E-state index >= 15 is 0 Å². The van der Waals surface area contributed by atoms with Gasteiger partial charge in [0.05, 0.1) is 15.9 Å². The van der Waals surface area contributed by atoms with Crippen LogP contribution in [0.5, 0.6) is 11.5 Å². The third-order valence-corrected chi connectivity index (χ3v) is 4.37. The van der Waals surface area contributed by atoms with Crippen LogP contribution in [0, 0.1) is 20.2 Å². The van der Waals surface area contributed by atoms with Gasteiger partial charge in [0.1, 0.15) is 11.5 Å². The Balaban J connectivity index is 2.40. The molecular formula is C12H7N2O9PS. The van der Waals surface area contributed by atoms with Gasteiger partial charge >= 0.3 is 18.8 Å². The lowest BCUT2D eigenvalue weighted by molar-refractivity contribution is -0.396. The van der Waals surface area contributed by atoms with Crippen LogP contribution in [0.2, 0.25) is 0 Å². The van der Waals surface area contributed by atoms with Crippen LogP contribution in [0.3, 0.4) is 0 Å². The van der Waals surface area contributed by atoms with E-state index in [2.05, 4.69) is 4.52 Å². The van der Waals surface area contributed by atoms with Crippen molar-refractivity contribution in [3.63, 3.8) is 0 Å². The lowest BCUT2D eigenvalue weighted by atomic mass is 10.3. The first-order chi connectivity index (χ1) is 11.7. The van der Waals surface area contributed by atoms with Gasteiger partial charge in [-0.05, 0) is 30.3 Å². The topological polar surface area (TPSA) is 156 Å². The third-order valence-electron chi connectivity index (χ3n) is 2.79. The van der Waals surface area contributed by atoms with Gasteiger partial charge < -0.3 is 8.71 Å². The minimum Gasteiger partial charge on any atom is -0.408 e. The molecule has 2 rings (SSSR count). The van der Waals surface area contributed by atoms with E-state index in [4.69, 9.17) is 4.18 Å². The summed E-state index contributed by atoms with van der Waals surface area (Å²) in [6.45, 7) is 0. The zero-order valence-corrected chi connectivity index (χ0v) is 13.7. The highest BCUT2D eigenvalue weighted by molar-refractivity contribution is 7.87. The number of nitro benzene ring substituents is 2. The zero-order valence-electron chi connectivity index (χ0n) is 12.0. The molecule has 130 valence electrons. The van der Waals surface area contributed by atoms with Crippen molar-refractivity contribution in [2.45, 2.75) is 4.90 Å². The van der Waals surface area contributed by atoms with Crippen LogP contribution in [-0.4, -0.2) is 18.3 Å². The second-order valence-corrected chi connectivity index (χ2v) is 6.19. The maximum Gasteiger partial charge on any atom is 0.395 e. The molecule has 0 atom stereocenters. The number of non-ortho nitro benzene ring substituents is 1. The molecule has 13 heteroatoms. The SMILES string of the molecule is O=POc1ccc(OS(=O)(=O)c2ccc([N+](=O)[O-])cc2[N+](=O)[O-])cc1. The smallest absolute Gasteiger partial charge is 0.395 e. The van der Waals surface area contributed by atoms with Gasteiger partial charge in [-0.15, -0.1) is 0 Å². The first-order valence-corrected chi connectivity index (χ1v) is 8.35. The van der Waals surface area contributed by atoms with Gasteiger partial charge in [-0.25, -0.2) is 4.57 Å². The Morgan fingerprint density at radius 3 is 2.04 bits per heavy atom. The van der Waals surface area contributed by atoms with Gasteiger partial charge in [-0.2, -0.15) is 8.42 Å². The van der Waals surface area contributed by atoms with Crippen molar-refractivity contribution in [2.24, 2.45) is 0 Å². The highest BCUT2D eigenvalue weighted by Gasteiger charge is 2.30. The summed E-state index contributed by atoms with van der Waals surface area (Å²) < 4.78 is 44.2. The molecule has 0 spiro atoms. The van der Waals surface area contributed by atoms with Crippen LogP contribution in [0.4, 0.5) is 11.4 Å². The molecule has 0 aliphatic heterocycles. The number of nitrogens with zero attached hydrogens (tertiary/aromatic N) is 2. The predicted octanol–water partition coefficient (Wildman–Crippen LogP) is 2.86. The molecule has 0 aliphatic rings. The first kappa shape index (κ1) is 18.2.